The van der Waals surface area contributed by atoms with Crippen molar-refractivity contribution in [1.29, 1.82) is 0 Å². The van der Waals surface area contributed by atoms with Crippen molar-refractivity contribution in [2.75, 3.05) is 12.4 Å². The van der Waals surface area contributed by atoms with E-state index in [2.05, 4.69) is 26.2 Å². The smallest absolute Gasteiger partial charge is 0.252 e. The summed E-state index contributed by atoms with van der Waals surface area (Å²) in [6.07, 6.45) is 1.41. The number of hydrogen-bond acceptors (Lipinski definition) is 7. The van der Waals surface area contributed by atoms with Crippen LogP contribution < -0.4 is 20.8 Å². The molecule has 1 atom stereocenters. The second kappa shape index (κ2) is 8.67. The molecule has 0 radical (unpaired) electrons. The fraction of sp³-hybridized carbons (Fsp3) is 0.158. The van der Waals surface area contributed by atoms with Gasteiger partial charge >= 0.3 is 0 Å². The third kappa shape index (κ3) is 5.07. The number of carbonyl (C=O) groups excluding carboxylic acids is 2. The number of methoxy groups -OCH3 is 1. The van der Waals surface area contributed by atoms with Gasteiger partial charge in [-0.3, -0.25) is 14.9 Å². The van der Waals surface area contributed by atoms with E-state index in [1.807, 2.05) is 0 Å². The van der Waals surface area contributed by atoms with Gasteiger partial charge in [0.1, 0.15) is 17.5 Å². The Hall–Kier alpha value is -3.88. The lowest BCUT2D eigenvalue weighted by molar-refractivity contribution is -0.123. The molecular formula is C19H19N5O4. The molecule has 9 heteroatoms. The molecule has 28 heavy (non-hydrogen) atoms. The number of aromatic hydroxyl groups is 1. The van der Waals surface area contributed by atoms with Crippen LogP contribution in [0.3, 0.4) is 0 Å². The lowest BCUT2D eigenvalue weighted by atomic mass is 10.2. The van der Waals surface area contributed by atoms with Crippen molar-refractivity contribution in [2.45, 2.75) is 12.5 Å². The Morgan fingerprint density at radius 1 is 1.32 bits per heavy atom. The molecule has 1 heterocycles. The number of anilines is 1. The number of rotatable bonds is 6. The van der Waals surface area contributed by atoms with E-state index in [1.165, 1.54) is 25.5 Å². The highest BCUT2D eigenvalue weighted by Crippen LogP contribution is 2.17. The van der Waals surface area contributed by atoms with E-state index in [0.29, 0.717) is 11.4 Å². The lowest BCUT2D eigenvalue weighted by Gasteiger charge is -2.08. The van der Waals surface area contributed by atoms with Gasteiger partial charge in [0, 0.05) is 11.8 Å². The molecule has 2 aromatic rings. The number of nitrogens with zero attached hydrogens (tertiary/aromatic N) is 2. The van der Waals surface area contributed by atoms with E-state index in [1.54, 1.807) is 36.4 Å². The fourth-order valence-corrected chi connectivity index (χ4v) is 2.46. The maximum Gasteiger partial charge on any atom is 0.252 e. The molecule has 0 fully saturated rings. The van der Waals surface area contributed by atoms with Crippen LogP contribution >= 0.6 is 0 Å². The molecule has 2 aromatic carbocycles. The topological polar surface area (TPSA) is 124 Å². The van der Waals surface area contributed by atoms with E-state index in [9.17, 15) is 14.7 Å². The van der Waals surface area contributed by atoms with E-state index >= 15 is 0 Å². The second-order valence-electron chi connectivity index (χ2n) is 5.93. The van der Waals surface area contributed by atoms with Crippen LogP contribution in [0.2, 0.25) is 0 Å². The molecular weight excluding hydrogens is 362 g/mol. The molecule has 1 aliphatic heterocycles. The number of phenolic OH excluding ortho intramolecular Hbond substituents is 1. The SMILES string of the molecule is COc1cccc(NC(=O)C[C@H]2N=C(N/N=C\c3ccc(O)cc3)NC2=O)c1. The van der Waals surface area contributed by atoms with Crippen LogP contribution in [0, 0.1) is 0 Å². The number of aliphatic imine (C=N–C) groups is 1. The zero-order valence-corrected chi connectivity index (χ0v) is 15.0. The third-order valence-electron chi connectivity index (χ3n) is 3.84. The first kappa shape index (κ1) is 18.9. The van der Waals surface area contributed by atoms with Gasteiger partial charge in [-0.25, -0.2) is 10.4 Å². The molecule has 1 aliphatic rings. The summed E-state index contributed by atoms with van der Waals surface area (Å²) < 4.78 is 5.10. The Morgan fingerprint density at radius 2 is 2.11 bits per heavy atom. The van der Waals surface area contributed by atoms with Gasteiger partial charge in [0.2, 0.25) is 11.9 Å². The highest BCUT2D eigenvalue weighted by Gasteiger charge is 2.28. The summed E-state index contributed by atoms with van der Waals surface area (Å²) in [7, 11) is 1.54. The molecule has 3 rings (SSSR count). The highest BCUT2D eigenvalue weighted by atomic mass is 16.5. The molecule has 2 amide bonds. The third-order valence-corrected chi connectivity index (χ3v) is 3.84. The predicted octanol–water partition coefficient (Wildman–Crippen LogP) is 1.21. The van der Waals surface area contributed by atoms with Gasteiger partial charge in [-0.15, -0.1) is 0 Å². The standard InChI is InChI=1S/C19H19N5O4/c1-28-15-4-2-3-13(9-15)21-17(26)10-16-18(27)23-19(22-16)24-20-11-12-5-7-14(25)8-6-12/h2-9,11,16,25H,10H2,1H3,(H,21,26)(H2,22,23,24,27)/b20-11-/t16-/m1/s1. The number of carbonyl (C=O) groups is 2. The molecule has 0 bridgehead atoms. The van der Waals surface area contributed by atoms with Crippen molar-refractivity contribution in [3.63, 3.8) is 0 Å². The number of guanidine groups is 1. The van der Waals surface area contributed by atoms with E-state index < -0.39 is 6.04 Å². The van der Waals surface area contributed by atoms with Gasteiger partial charge in [0.05, 0.1) is 19.7 Å². The van der Waals surface area contributed by atoms with Crippen molar-refractivity contribution in [3.05, 3.63) is 54.1 Å². The molecule has 144 valence electrons. The first-order valence-corrected chi connectivity index (χ1v) is 8.44. The van der Waals surface area contributed by atoms with Gasteiger partial charge in [0.25, 0.3) is 5.91 Å². The zero-order chi connectivity index (χ0) is 19.9. The summed E-state index contributed by atoms with van der Waals surface area (Å²) >= 11 is 0. The van der Waals surface area contributed by atoms with Gasteiger partial charge in [-0.1, -0.05) is 6.07 Å². The lowest BCUT2D eigenvalue weighted by Crippen LogP contribution is -2.35. The van der Waals surface area contributed by atoms with Gasteiger partial charge < -0.3 is 15.2 Å². The molecule has 0 spiro atoms. The summed E-state index contributed by atoms with van der Waals surface area (Å²) in [5, 5.41) is 18.5. The zero-order valence-electron chi connectivity index (χ0n) is 15.0. The summed E-state index contributed by atoms with van der Waals surface area (Å²) in [6, 6.07) is 12.5. The van der Waals surface area contributed by atoms with E-state index in [0.717, 1.165) is 5.56 Å². The van der Waals surface area contributed by atoms with Crippen molar-refractivity contribution in [3.8, 4) is 11.5 Å². The van der Waals surface area contributed by atoms with Crippen molar-refractivity contribution in [2.24, 2.45) is 10.1 Å². The van der Waals surface area contributed by atoms with Gasteiger partial charge in [0.15, 0.2) is 0 Å². The van der Waals surface area contributed by atoms with Crippen molar-refractivity contribution >= 4 is 29.7 Å². The average molecular weight is 381 g/mol. The number of nitrogens with one attached hydrogen (secondary N) is 3. The van der Waals surface area contributed by atoms with Gasteiger partial charge in [-0.2, -0.15) is 5.10 Å². The van der Waals surface area contributed by atoms with E-state index in [-0.39, 0.29) is 29.9 Å². The molecule has 4 N–H and O–H groups in total. The van der Waals surface area contributed by atoms with Crippen LogP contribution in [0.4, 0.5) is 5.69 Å². The van der Waals surface area contributed by atoms with Crippen LogP contribution in [-0.4, -0.2) is 42.2 Å². The monoisotopic (exact) mass is 381 g/mol. The molecule has 0 saturated heterocycles. The van der Waals surface area contributed by atoms with Crippen LogP contribution in [0.25, 0.3) is 0 Å². The number of phenols is 1. The minimum absolute atomic E-state index is 0.101. The summed E-state index contributed by atoms with van der Waals surface area (Å²) in [6.45, 7) is 0. The first-order chi connectivity index (χ1) is 13.5. The average Bonchev–Trinajstić information content (AvgIpc) is 3.02. The summed E-state index contributed by atoms with van der Waals surface area (Å²) in [4.78, 5) is 28.3. The number of ether oxygens (including phenoxy) is 1. The van der Waals surface area contributed by atoms with Crippen LogP contribution in [-0.2, 0) is 9.59 Å². The summed E-state index contributed by atoms with van der Waals surface area (Å²) in [5.74, 6) is 0.216. The van der Waals surface area contributed by atoms with Crippen LogP contribution in [0.15, 0.2) is 58.6 Å². The maximum atomic E-state index is 12.2. The molecule has 0 saturated carbocycles. The maximum absolute atomic E-state index is 12.2. The minimum Gasteiger partial charge on any atom is -0.508 e. The molecule has 9 nitrogen and oxygen atoms in total. The highest BCUT2D eigenvalue weighted by molar-refractivity contribution is 6.07. The Balaban J connectivity index is 1.54. The number of hydrogen-bond donors (Lipinski definition) is 4. The van der Waals surface area contributed by atoms with Crippen molar-refractivity contribution < 1.29 is 19.4 Å². The quantitative estimate of drug-likeness (QED) is 0.442. The normalized spacial score (nSPS) is 15.8. The van der Waals surface area contributed by atoms with Crippen LogP contribution in [0.5, 0.6) is 11.5 Å². The van der Waals surface area contributed by atoms with Gasteiger partial charge in [-0.05, 0) is 42.0 Å². The second-order valence-corrected chi connectivity index (χ2v) is 5.93. The molecule has 0 unspecified atom stereocenters. The Bertz CT molecular complexity index is 924. The molecule has 0 aliphatic carbocycles. The van der Waals surface area contributed by atoms with E-state index in [4.69, 9.17) is 4.74 Å². The Kier molecular flexibility index (Phi) is 5.85. The minimum atomic E-state index is -0.836. The molecule has 0 aromatic heterocycles. The predicted molar refractivity (Wildman–Crippen MR) is 104 cm³/mol. The number of hydrazone groups is 1. The fourth-order valence-electron chi connectivity index (χ4n) is 2.46. The summed E-state index contributed by atoms with van der Waals surface area (Å²) in [5.41, 5.74) is 3.95. The number of amides is 2. The Morgan fingerprint density at radius 3 is 2.86 bits per heavy atom. The van der Waals surface area contributed by atoms with Crippen molar-refractivity contribution in [1.82, 2.24) is 10.7 Å². The first-order valence-electron chi connectivity index (χ1n) is 8.44. The largest absolute Gasteiger partial charge is 0.508 e. The van der Waals surface area contributed by atoms with Crippen LogP contribution in [0.1, 0.15) is 12.0 Å². The Labute approximate surface area is 161 Å². The number of benzene rings is 2.